The fourth-order valence-electron chi connectivity index (χ4n) is 3.74. The largest absolute Gasteiger partial charge is 0.358 e. The summed E-state index contributed by atoms with van der Waals surface area (Å²) in [6.07, 6.45) is 1.68. The Hall–Kier alpha value is -4.17. The Morgan fingerprint density at radius 1 is 1.00 bits per heavy atom. The molecule has 0 aliphatic rings. The molecule has 0 spiro atoms. The van der Waals surface area contributed by atoms with Crippen molar-refractivity contribution in [2.75, 3.05) is 5.75 Å². The number of nitrogens with one attached hydrogen (secondary N) is 2. The van der Waals surface area contributed by atoms with Crippen LogP contribution in [0.3, 0.4) is 0 Å². The van der Waals surface area contributed by atoms with E-state index < -0.39 is 0 Å². The summed E-state index contributed by atoms with van der Waals surface area (Å²) in [5.41, 5.74) is 7.50. The number of aromatic amines is 1. The van der Waals surface area contributed by atoms with Gasteiger partial charge in [-0.2, -0.15) is 5.10 Å². The highest BCUT2D eigenvalue weighted by Gasteiger charge is 2.17. The van der Waals surface area contributed by atoms with E-state index in [0.717, 1.165) is 39.2 Å². The maximum Gasteiger partial charge on any atom is 0.250 e. The van der Waals surface area contributed by atoms with Crippen molar-refractivity contribution in [3.8, 4) is 17.1 Å². The molecule has 34 heavy (non-hydrogen) atoms. The van der Waals surface area contributed by atoms with Gasteiger partial charge in [-0.1, -0.05) is 78.5 Å². The number of hydrazone groups is 1. The molecule has 1 amide bonds. The Kier molecular flexibility index (Phi) is 6.22. The van der Waals surface area contributed by atoms with Gasteiger partial charge in [0.05, 0.1) is 12.0 Å². The van der Waals surface area contributed by atoms with E-state index >= 15 is 0 Å². The Morgan fingerprint density at radius 3 is 2.50 bits per heavy atom. The van der Waals surface area contributed by atoms with E-state index in [9.17, 15) is 4.79 Å². The molecule has 7 nitrogen and oxygen atoms in total. The lowest BCUT2D eigenvalue weighted by Gasteiger charge is -2.10. The van der Waals surface area contributed by atoms with E-state index in [2.05, 4.69) is 25.7 Å². The van der Waals surface area contributed by atoms with Gasteiger partial charge in [-0.25, -0.2) is 5.43 Å². The molecular weight excluding hydrogens is 444 g/mol. The third-order valence-corrected chi connectivity index (χ3v) is 6.27. The van der Waals surface area contributed by atoms with Crippen molar-refractivity contribution in [1.29, 1.82) is 0 Å². The van der Waals surface area contributed by atoms with Gasteiger partial charge in [-0.3, -0.25) is 9.36 Å². The van der Waals surface area contributed by atoms with Crippen molar-refractivity contribution < 1.29 is 4.79 Å². The smallest absolute Gasteiger partial charge is 0.250 e. The quantitative estimate of drug-likeness (QED) is 0.201. The number of aryl methyl sites for hydroxylation is 1. The van der Waals surface area contributed by atoms with Crippen LogP contribution in [0, 0.1) is 6.92 Å². The number of benzene rings is 3. The predicted octanol–water partition coefficient (Wildman–Crippen LogP) is 4.97. The molecule has 0 aliphatic heterocycles. The van der Waals surface area contributed by atoms with E-state index in [1.54, 1.807) is 6.21 Å². The van der Waals surface area contributed by atoms with Crippen molar-refractivity contribution in [1.82, 2.24) is 25.2 Å². The van der Waals surface area contributed by atoms with Gasteiger partial charge in [0.1, 0.15) is 0 Å². The summed E-state index contributed by atoms with van der Waals surface area (Å²) in [4.78, 5) is 15.8. The molecule has 2 aromatic heterocycles. The molecule has 8 heteroatoms. The number of nitrogens with zero attached hydrogens (tertiary/aromatic N) is 4. The van der Waals surface area contributed by atoms with E-state index in [0.29, 0.717) is 5.16 Å². The van der Waals surface area contributed by atoms with Gasteiger partial charge in [0.2, 0.25) is 0 Å². The number of amides is 1. The van der Waals surface area contributed by atoms with Crippen LogP contribution in [-0.4, -0.2) is 37.6 Å². The molecule has 0 unspecified atom stereocenters. The second-order valence-corrected chi connectivity index (χ2v) is 8.58. The first-order chi connectivity index (χ1) is 16.7. The van der Waals surface area contributed by atoms with Crippen LogP contribution in [0.25, 0.3) is 28.0 Å². The topological polar surface area (TPSA) is 88.0 Å². The fraction of sp³-hybridized carbons (Fsp3) is 0.0769. The maximum atomic E-state index is 12.5. The summed E-state index contributed by atoms with van der Waals surface area (Å²) in [7, 11) is 0. The number of H-pyrrole nitrogens is 1. The van der Waals surface area contributed by atoms with Crippen molar-refractivity contribution in [3.05, 3.63) is 96.2 Å². The number of aromatic nitrogens is 4. The summed E-state index contributed by atoms with van der Waals surface area (Å²) in [6, 6.07) is 27.8. The second kappa shape index (κ2) is 9.76. The van der Waals surface area contributed by atoms with E-state index in [4.69, 9.17) is 0 Å². The number of carbonyl (C=O) groups is 1. The normalized spacial score (nSPS) is 11.3. The zero-order chi connectivity index (χ0) is 23.3. The second-order valence-electron chi connectivity index (χ2n) is 7.63. The Bertz CT molecular complexity index is 1460. The molecule has 0 fully saturated rings. The van der Waals surface area contributed by atoms with Crippen LogP contribution in [0.5, 0.6) is 0 Å². The lowest BCUT2D eigenvalue weighted by molar-refractivity contribution is -0.118. The first kappa shape index (κ1) is 21.7. The fourth-order valence-corrected chi connectivity index (χ4v) is 4.49. The highest BCUT2D eigenvalue weighted by molar-refractivity contribution is 7.99. The molecular formula is C26H22N6OS. The standard InChI is InChI=1S/C26H22N6OS/c1-18-22(21-14-8-9-15-23(21)28-18)16-27-29-24(33)17-34-26-31-30-25(19-10-4-2-5-11-19)32(26)20-12-6-3-7-13-20/h2-16,28H,17H2,1H3,(H,29,33). The van der Waals surface area contributed by atoms with E-state index in [1.807, 2.05) is 96.4 Å². The van der Waals surface area contributed by atoms with Gasteiger partial charge in [-0.15, -0.1) is 10.2 Å². The molecule has 0 saturated carbocycles. The molecule has 0 atom stereocenters. The summed E-state index contributed by atoms with van der Waals surface area (Å²) in [5, 5.41) is 14.6. The van der Waals surface area contributed by atoms with Crippen molar-refractivity contribution >= 4 is 34.8 Å². The minimum Gasteiger partial charge on any atom is -0.358 e. The van der Waals surface area contributed by atoms with Crippen molar-refractivity contribution in [2.24, 2.45) is 5.10 Å². The number of para-hydroxylation sites is 2. The number of thioether (sulfide) groups is 1. The summed E-state index contributed by atoms with van der Waals surface area (Å²) in [5.74, 6) is 0.661. The monoisotopic (exact) mass is 466 g/mol. The number of rotatable bonds is 7. The molecule has 0 saturated heterocycles. The first-order valence-corrected chi connectivity index (χ1v) is 11.8. The van der Waals surface area contributed by atoms with Crippen LogP contribution >= 0.6 is 11.8 Å². The van der Waals surface area contributed by atoms with Gasteiger partial charge in [0.25, 0.3) is 5.91 Å². The Labute approximate surface area is 200 Å². The van der Waals surface area contributed by atoms with Crippen LogP contribution in [0.15, 0.2) is 95.2 Å². The van der Waals surface area contributed by atoms with Gasteiger partial charge in [0, 0.05) is 33.4 Å². The number of fused-ring (bicyclic) bond motifs is 1. The third kappa shape index (κ3) is 4.49. The van der Waals surface area contributed by atoms with Gasteiger partial charge >= 0.3 is 0 Å². The van der Waals surface area contributed by atoms with Gasteiger partial charge in [-0.05, 0) is 25.1 Å². The van der Waals surface area contributed by atoms with Crippen LogP contribution in [0.2, 0.25) is 0 Å². The van der Waals surface area contributed by atoms with Crippen LogP contribution in [-0.2, 0) is 4.79 Å². The van der Waals surface area contributed by atoms with Crippen molar-refractivity contribution in [2.45, 2.75) is 12.1 Å². The first-order valence-electron chi connectivity index (χ1n) is 10.8. The maximum absolute atomic E-state index is 12.5. The van der Waals surface area contributed by atoms with Crippen LogP contribution < -0.4 is 5.43 Å². The lowest BCUT2D eigenvalue weighted by Crippen LogP contribution is -2.20. The van der Waals surface area contributed by atoms with Gasteiger partial charge < -0.3 is 4.98 Å². The zero-order valence-corrected chi connectivity index (χ0v) is 19.3. The molecule has 5 rings (SSSR count). The van der Waals surface area contributed by atoms with E-state index in [-0.39, 0.29) is 11.7 Å². The third-order valence-electron chi connectivity index (χ3n) is 5.34. The molecule has 0 aliphatic carbocycles. The SMILES string of the molecule is Cc1[nH]c2ccccc2c1C=NNC(=O)CSc1nnc(-c2ccccc2)n1-c1ccccc1. The van der Waals surface area contributed by atoms with Gasteiger partial charge in [0.15, 0.2) is 11.0 Å². The average Bonchev–Trinajstić information content (AvgIpc) is 3.44. The number of hydrogen-bond acceptors (Lipinski definition) is 5. The summed E-state index contributed by atoms with van der Waals surface area (Å²) >= 11 is 1.32. The average molecular weight is 467 g/mol. The number of hydrogen-bond donors (Lipinski definition) is 2. The Balaban J connectivity index is 1.31. The molecule has 2 N–H and O–H groups in total. The molecule has 168 valence electrons. The highest BCUT2D eigenvalue weighted by atomic mass is 32.2. The molecule has 0 bridgehead atoms. The van der Waals surface area contributed by atoms with E-state index in [1.165, 1.54) is 11.8 Å². The molecule has 5 aromatic rings. The lowest BCUT2D eigenvalue weighted by atomic mass is 10.1. The van der Waals surface area contributed by atoms with Crippen LogP contribution in [0.4, 0.5) is 0 Å². The summed E-state index contributed by atoms with van der Waals surface area (Å²) in [6.45, 7) is 1.99. The van der Waals surface area contributed by atoms with Crippen molar-refractivity contribution in [3.63, 3.8) is 0 Å². The summed E-state index contributed by atoms with van der Waals surface area (Å²) < 4.78 is 1.96. The molecule has 2 heterocycles. The Morgan fingerprint density at radius 2 is 1.71 bits per heavy atom. The molecule has 0 radical (unpaired) electrons. The number of carbonyl (C=O) groups excluding carboxylic acids is 1. The molecule has 3 aromatic carbocycles. The highest BCUT2D eigenvalue weighted by Crippen LogP contribution is 2.27. The minimum atomic E-state index is -0.220. The zero-order valence-electron chi connectivity index (χ0n) is 18.5. The van der Waals surface area contributed by atoms with Crippen LogP contribution in [0.1, 0.15) is 11.3 Å². The minimum absolute atomic E-state index is 0.157. The predicted molar refractivity (Wildman–Crippen MR) is 136 cm³/mol.